The lowest BCUT2D eigenvalue weighted by Gasteiger charge is -2.02. The van der Waals surface area contributed by atoms with E-state index in [1.165, 1.54) is 5.56 Å². The van der Waals surface area contributed by atoms with Gasteiger partial charge < -0.3 is 9.73 Å². The number of nitrogens with zero attached hydrogens (tertiary/aromatic N) is 1. The first-order valence-corrected chi connectivity index (χ1v) is 7.55. The van der Waals surface area contributed by atoms with Gasteiger partial charge in [0, 0.05) is 29.0 Å². The third kappa shape index (κ3) is 5.66. The lowest BCUT2D eigenvalue weighted by molar-refractivity contribution is 0.493. The summed E-state index contributed by atoms with van der Waals surface area (Å²) in [7, 11) is 0. The maximum Gasteiger partial charge on any atom is 0.134 e. The molecule has 0 aliphatic heterocycles. The molecule has 0 aliphatic carbocycles. The Bertz CT molecular complexity index is 702. The van der Waals surface area contributed by atoms with Gasteiger partial charge in [-0.2, -0.15) is 0 Å². The Morgan fingerprint density at radius 3 is 2.26 bits per heavy atom. The zero-order valence-corrected chi connectivity index (χ0v) is 15.5. The Balaban J connectivity index is 0.00000132. The lowest BCUT2D eigenvalue weighted by atomic mass is 10.2. The minimum atomic E-state index is 0. The molecule has 1 N–H and O–H groups in total. The van der Waals surface area contributed by atoms with Crippen molar-refractivity contribution in [1.82, 2.24) is 10.3 Å². The van der Waals surface area contributed by atoms with Crippen LogP contribution in [0.2, 0.25) is 0 Å². The minimum Gasteiger partial charge on any atom is -0.460 e. The predicted molar refractivity (Wildman–Crippen MR) is 101 cm³/mol. The van der Waals surface area contributed by atoms with Crippen LogP contribution in [0.1, 0.15) is 11.3 Å². The minimum absolute atomic E-state index is 0. The van der Waals surface area contributed by atoms with Crippen molar-refractivity contribution in [2.75, 3.05) is 0 Å². The van der Waals surface area contributed by atoms with Crippen LogP contribution in [0.25, 0.3) is 11.3 Å². The second-order valence-corrected chi connectivity index (χ2v) is 5.65. The van der Waals surface area contributed by atoms with Crippen LogP contribution in [-0.4, -0.2) is 4.98 Å². The van der Waals surface area contributed by atoms with Gasteiger partial charge in [-0.3, -0.25) is 4.98 Å². The second-order valence-electron chi connectivity index (χ2n) is 4.73. The van der Waals surface area contributed by atoms with Gasteiger partial charge in [0.15, 0.2) is 0 Å². The molecule has 0 saturated carbocycles. The molecule has 23 heavy (non-hydrogen) atoms. The van der Waals surface area contributed by atoms with E-state index in [-0.39, 0.29) is 24.8 Å². The summed E-state index contributed by atoms with van der Waals surface area (Å²) in [6.07, 6.45) is 3.60. The van der Waals surface area contributed by atoms with E-state index in [1.54, 1.807) is 12.4 Å². The fourth-order valence-electron chi connectivity index (χ4n) is 2.07. The van der Waals surface area contributed by atoms with E-state index in [0.29, 0.717) is 6.54 Å². The van der Waals surface area contributed by atoms with Crippen LogP contribution < -0.4 is 5.32 Å². The quantitative estimate of drug-likeness (QED) is 0.619. The number of furan rings is 1. The first-order chi connectivity index (χ1) is 10.3. The van der Waals surface area contributed by atoms with Crippen molar-refractivity contribution in [2.45, 2.75) is 13.1 Å². The first-order valence-electron chi connectivity index (χ1n) is 6.75. The molecule has 2 aromatic heterocycles. The number of benzene rings is 1. The lowest BCUT2D eigenvalue weighted by Crippen LogP contribution is -2.11. The Kier molecular flexibility index (Phi) is 8.34. The zero-order valence-electron chi connectivity index (χ0n) is 12.2. The van der Waals surface area contributed by atoms with Gasteiger partial charge in [-0.25, -0.2) is 0 Å². The third-order valence-electron chi connectivity index (χ3n) is 3.17. The van der Waals surface area contributed by atoms with E-state index in [0.717, 1.165) is 28.1 Å². The smallest absolute Gasteiger partial charge is 0.134 e. The van der Waals surface area contributed by atoms with E-state index in [4.69, 9.17) is 4.42 Å². The molecule has 0 bridgehead atoms. The Hall–Kier alpha value is -1.33. The van der Waals surface area contributed by atoms with Gasteiger partial charge in [0.05, 0.1) is 6.54 Å². The highest BCUT2D eigenvalue weighted by Gasteiger charge is 2.04. The predicted octanol–water partition coefficient (Wildman–Crippen LogP) is 5.24. The summed E-state index contributed by atoms with van der Waals surface area (Å²) in [6, 6.07) is 16.1. The fourth-order valence-corrected chi connectivity index (χ4v) is 2.34. The zero-order chi connectivity index (χ0) is 14.5. The first kappa shape index (κ1) is 19.7. The van der Waals surface area contributed by atoms with Crippen molar-refractivity contribution in [3.8, 4) is 11.3 Å². The third-order valence-corrected chi connectivity index (χ3v) is 3.70. The average Bonchev–Trinajstić information content (AvgIpc) is 2.98. The summed E-state index contributed by atoms with van der Waals surface area (Å²) in [5.41, 5.74) is 2.29. The van der Waals surface area contributed by atoms with Crippen molar-refractivity contribution in [3.63, 3.8) is 0 Å². The van der Waals surface area contributed by atoms with Crippen LogP contribution in [0, 0.1) is 0 Å². The molecule has 122 valence electrons. The molecule has 0 amide bonds. The Morgan fingerprint density at radius 2 is 1.57 bits per heavy atom. The van der Waals surface area contributed by atoms with Gasteiger partial charge in [0.25, 0.3) is 0 Å². The van der Waals surface area contributed by atoms with Crippen LogP contribution in [0.4, 0.5) is 0 Å². The number of hydrogen-bond acceptors (Lipinski definition) is 3. The molecule has 3 rings (SSSR count). The highest BCUT2D eigenvalue weighted by molar-refractivity contribution is 9.10. The van der Waals surface area contributed by atoms with Crippen LogP contribution >= 0.6 is 40.7 Å². The molecule has 0 spiro atoms. The highest BCUT2D eigenvalue weighted by atomic mass is 79.9. The topological polar surface area (TPSA) is 38.1 Å². The number of halogens is 3. The number of nitrogens with one attached hydrogen (secondary N) is 1. The Labute approximate surface area is 156 Å². The van der Waals surface area contributed by atoms with Crippen LogP contribution in [-0.2, 0) is 13.1 Å². The molecule has 2 heterocycles. The van der Waals surface area contributed by atoms with Crippen LogP contribution in [0.3, 0.4) is 0 Å². The molecule has 6 heteroatoms. The number of rotatable bonds is 5. The van der Waals surface area contributed by atoms with E-state index in [2.05, 4.69) is 26.2 Å². The molecule has 3 aromatic rings. The maximum atomic E-state index is 5.86. The monoisotopic (exact) mass is 414 g/mol. The van der Waals surface area contributed by atoms with Gasteiger partial charge in [0.2, 0.25) is 0 Å². The molecule has 1 aromatic carbocycles. The van der Waals surface area contributed by atoms with Crippen molar-refractivity contribution < 1.29 is 4.42 Å². The Morgan fingerprint density at radius 1 is 0.870 bits per heavy atom. The van der Waals surface area contributed by atoms with Gasteiger partial charge in [-0.1, -0.05) is 28.1 Å². The van der Waals surface area contributed by atoms with Crippen molar-refractivity contribution in [1.29, 1.82) is 0 Å². The molecule has 0 radical (unpaired) electrons. The summed E-state index contributed by atoms with van der Waals surface area (Å²) in [5.74, 6) is 1.82. The molecule has 0 atom stereocenters. The largest absolute Gasteiger partial charge is 0.460 e. The van der Waals surface area contributed by atoms with Gasteiger partial charge in [0.1, 0.15) is 11.5 Å². The van der Waals surface area contributed by atoms with Gasteiger partial charge in [-0.15, -0.1) is 24.8 Å². The SMILES string of the molecule is Brc1ccc(-c2ccc(CNCc3ccncc3)o2)cc1.Cl.Cl. The summed E-state index contributed by atoms with van der Waals surface area (Å²) in [4.78, 5) is 4.01. The molecule has 0 aliphatic rings. The van der Waals surface area contributed by atoms with E-state index in [1.807, 2.05) is 48.5 Å². The van der Waals surface area contributed by atoms with E-state index >= 15 is 0 Å². The normalized spacial score (nSPS) is 9.78. The summed E-state index contributed by atoms with van der Waals surface area (Å²) >= 11 is 3.43. The van der Waals surface area contributed by atoms with E-state index in [9.17, 15) is 0 Å². The number of hydrogen-bond donors (Lipinski definition) is 1. The molecule has 0 fully saturated rings. The van der Waals surface area contributed by atoms with Crippen LogP contribution in [0.15, 0.2) is 69.8 Å². The molecule has 0 unspecified atom stereocenters. The molecule has 3 nitrogen and oxygen atoms in total. The average molecular weight is 416 g/mol. The molecule has 0 saturated heterocycles. The highest BCUT2D eigenvalue weighted by Crippen LogP contribution is 2.23. The summed E-state index contributed by atoms with van der Waals surface area (Å²) in [5, 5.41) is 3.36. The van der Waals surface area contributed by atoms with Crippen molar-refractivity contribution >= 4 is 40.7 Å². The standard InChI is InChI=1S/C17H15BrN2O.2ClH/c18-15-3-1-14(2-4-15)17-6-5-16(21-17)12-20-11-13-7-9-19-10-8-13;;/h1-10,20H,11-12H2;2*1H. The van der Waals surface area contributed by atoms with Crippen molar-refractivity contribution in [3.05, 3.63) is 76.7 Å². The molecular weight excluding hydrogens is 399 g/mol. The van der Waals surface area contributed by atoms with Crippen LogP contribution in [0.5, 0.6) is 0 Å². The van der Waals surface area contributed by atoms with Crippen molar-refractivity contribution in [2.24, 2.45) is 0 Å². The second kappa shape index (κ2) is 9.73. The summed E-state index contributed by atoms with van der Waals surface area (Å²) in [6.45, 7) is 1.51. The van der Waals surface area contributed by atoms with E-state index < -0.39 is 0 Å². The maximum absolute atomic E-state index is 5.86. The summed E-state index contributed by atoms with van der Waals surface area (Å²) < 4.78 is 6.92. The number of aromatic nitrogens is 1. The van der Waals surface area contributed by atoms with Gasteiger partial charge in [-0.05, 0) is 42.0 Å². The van der Waals surface area contributed by atoms with Gasteiger partial charge >= 0.3 is 0 Å². The molecular formula is C17H17BrCl2N2O. The number of pyridine rings is 1. The fraction of sp³-hybridized carbons (Fsp3) is 0.118.